The molecule has 0 spiro atoms. The van der Waals surface area contributed by atoms with Gasteiger partial charge in [0.25, 0.3) is 0 Å². The molecule has 0 unspecified atom stereocenters. The molecule has 0 aliphatic heterocycles. The van der Waals surface area contributed by atoms with E-state index in [-0.39, 0.29) is 5.56 Å². The highest BCUT2D eigenvalue weighted by Gasteiger charge is 2.08. The molecule has 19 heavy (non-hydrogen) atoms. The summed E-state index contributed by atoms with van der Waals surface area (Å²) in [5.41, 5.74) is 0.190. The second-order valence-electron chi connectivity index (χ2n) is 3.88. The highest BCUT2D eigenvalue weighted by atomic mass is 32.1. The smallest absolute Gasteiger partial charge is 0.335 e. The number of thiophene rings is 1. The Balaban J connectivity index is 1.99. The van der Waals surface area contributed by atoms with Gasteiger partial charge in [-0.15, -0.1) is 11.3 Å². The summed E-state index contributed by atoms with van der Waals surface area (Å²) in [5.74, 6) is -0.0282. The second kappa shape index (κ2) is 4.70. The number of hydrogen-bond donors (Lipinski definition) is 1. The van der Waals surface area contributed by atoms with E-state index in [1.165, 1.54) is 12.1 Å². The molecule has 0 atom stereocenters. The van der Waals surface area contributed by atoms with Crippen LogP contribution in [0.1, 0.15) is 10.4 Å². The first-order valence-corrected chi connectivity index (χ1v) is 6.45. The maximum atomic E-state index is 10.9. The minimum Gasteiger partial charge on any atom is -0.478 e. The van der Waals surface area contributed by atoms with Gasteiger partial charge in [0.1, 0.15) is 5.75 Å². The number of carbonyl (C=O) groups is 1. The zero-order valence-electron chi connectivity index (χ0n) is 9.74. The summed E-state index contributed by atoms with van der Waals surface area (Å²) in [6.45, 7) is 0. The van der Waals surface area contributed by atoms with Crippen LogP contribution in [0.5, 0.6) is 11.6 Å². The fourth-order valence-electron chi connectivity index (χ4n) is 1.75. The molecule has 1 N–H and O–H groups in total. The number of pyridine rings is 1. The molecule has 0 saturated carbocycles. The summed E-state index contributed by atoms with van der Waals surface area (Å²) >= 11 is 1.61. The first kappa shape index (κ1) is 11.7. The molecule has 5 heteroatoms. The fraction of sp³-hybridized carbons (Fsp3) is 0. The van der Waals surface area contributed by atoms with E-state index in [0.29, 0.717) is 11.6 Å². The highest BCUT2D eigenvalue weighted by molar-refractivity contribution is 7.17. The van der Waals surface area contributed by atoms with Crippen LogP contribution in [0.25, 0.3) is 10.1 Å². The average molecular weight is 271 g/mol. The number of ether oxygens (including phenoxy) is 1. The van der Waals surface area contributed by atoms with Gasteiger partial charge < -0.3 is 9.84 Å². The number of carboxylic acids is 1. The molecule has 2 aromatic heterocycles. The van der Waals surface area contributed by atoms with Crippen LogP contribution in [-0.4, -0.2) is 16.1 Å². The number of hydrogen-bond acceptors (Lipinski definition) is 4. The molecule has 94 valence electrons. The van der Waals surface area contributed by atoms with E-state index in [1.54, 1.807) is 29.7 Å². The van der Waals surface area contributed by atoms with Crippen molar-refractivity contribution in [2.45, 2.75) is 0 Å². The summed E-state index contributed by atoms with van der Waals surface area (Å²) in [6.07, 6.45) is 1.68. The van der Waals surface area contributed by atoms with E-state index in [0.717, 1.165) is 10.1 Å². The van der Waals surface area contributed by atoms with E-state index in [4.69, 9.17) is 9.84 Å². The van der Waals surface area contributed by atoms with Crippen molar-refractivity contribution in [3.05, 3.63) is 53.5 Å². The maximum Gasteiger partial charge on any atom is 0.335 e. The van der Waals surface area contributed by atoms with Gasteiger partial charge in [-0.25, -0.2) is 9.78 Å². The fourth-order valence-corrected chi connectivity index (χ4v) is 2.53. The number of aromatic carboxylic acids is 1. The van der Waals surface area contributed by atoms with E-state index in [9.17, 15) is 4.79 Å². The van der Waals surface area contributed by atoms with Crippen LogP contribution in [0.4, 0.5) is 0 Å². The molecule has 4 nitrogen and oxygen atoms in total. The zero-order valence-corrected chi connectivity index (χ0v) is 10.6. The zero-order chi connectivity index (χ0) is 13.2. The molecule has 0 bridgehead atoms. The average Bonchev–Trinajstić information content (AvgIpc) is 2.88. The third-order valence-corrected chi connectivity index (χ3v) is 3.52. The van der Waals surface area contributed by atoms with E-state index in [2.05, 4.69) is 4.98 Å². The lowest BCUT2D eigenvalue weighted by Gasteiger charge is -2.06. The number of benzene rings is 1. The van der Waals surface area contributed by atoms with E-state index < -0.39 is 5.97 Å². The second-order valence-corrected chi connectivity index (χ2v) is 4.83. The van der Waals surface area contributed by atoms with Crippen LogP contribution < -0.4 is 4.74 Å². The molecule has 2 heterocycles. The van der Waals surface area contributed by atoms with Crippen molar-refractivity contribution < 1.29 is 14.6 Å². The molecule has 0 saturated heterocycles. The highest BCUT2D eigenvalue weighted by Crippen LogP contribution is 2.30. The van der Waals surface area contributed by atoms with Gasteiger partial charge in [-0.05, 0) is 35.7 Å². The third kappa shape index (κ3) is 2.28. The third-order valence-electron chi connectivity index (χ3n) is 2.64. The summed E-state index contributed by atoms with van der Waals surface area (Å²) in [5, 5.41) is 11.8. The van der Waals surface area contributed by atoms with E-state index in [1.807, 2.05) is 17.5 Å². The van der Waals surface area contributed by atoms with Crippen molar-refractivity contribution in [2.75, 3.05) is 0 Å². The SMILES string of the molecule is O=C(O)c1cccc(Oc2nccc3sccc23)c1. The Morgan fingerprint density at radius 3 is 3.00 bits per heavy atom. The summed E-state index contributed by atoms with van der Waals surface area (Å²) in [6, 6.07) is 10.2. The van der Waals surface area contributed by atoms with Crippen LogP contribution in [0.3, 0.4) is 0 Å². The molecular weight excluding hydrogens is 262 g/mol. The first-order valence-electron chi connectivity index (χ1n) is 5.57. The monoisotopic (exact) mass is 271 g/mol. The minimum absolute atomic E-state index is 0.190. The van der Waals surface area contributed by atoms with Crippen LogP contribution >= 0.6 is 11.3 Å². The van der Waals surface area contributed by atoms with Crippen LogP contribution in [-0.2, 0) is 0 Å². The number of rotatable bonds is 3. The van der Waals surface area contributed by atoms with Gasteiger partial charge in [0.15, 0.2) is 0 Å². The van der Waals surface area contributed by atoms with Gasteiger partial charge in [0.2, 0.25) is 5.88 Å². The van der Waals surface area contributed by atoms with Crippen molar-refractivity contribution in [3.63, 3.8) is 0 Å². The van der Waals surface area contributed by atoms with Gasteiger partial charge in [-0.3, -0.25) is 0 Å². The topological polar surface area (TPSA) is 59.4 Å². The van der Waals surface area contributed by atoms with Gasteiger partial charge >= 0.3 is 5.97 Å². The Morgan fingerprint density at radius 2 is 2.16 bits per heavy atom. The lowest BCUT2D eigenvalue weighted by atomic mass is 10.2. The molecule has 0 amide bonds. The summed E-state index contributed by atoms with van der Waals surface area (Å²) in [7, 11) is 0. The van der Waals surface area contributed by atoms with Crippen molar-refractivity contribution in [3.8, 4) is 11.6 Å². The predicted molar refractivity (Wildman–Crippen MR) is 73.1 cm³/mol. The summed E-state index contributed by atoms with van der Waals surface area (Å²) < 4.78 is 6.76. The van der Waals surface area contributed by atoms with Gasteiger partial charge in [-0.2, -0.15) is 0 Å². The predicted octanol–water partition coefficient (Wildman–Crippen LogP) is 3.79. The normalized spacial score (nSPS) is 10.5. The van der Waals surface area contributed by atoms with E-state index >= 15 is 0 Å². The molecular formula is C14H9NO3S. The van der Waals surface area contributed by atoms with Gasteiger partial charge in [0.05, 0.1) is 10.9 Å². The molecule has 0 aliphatic carbocycles. The standard InChI is InChI=1S/C14H9NO3S/c16-14(17)9-2-1-3-10(8-9)18-13-11-5-7-19-12(11)4-6-15-13/h1-8H,(H,16,17). The minimum atomic E-state index is -0.979. The van der Waals surface area contributed by atoms with Gasteiger partial charge in [-0.1, -0.05) is 6.07 Å². The molecule has 1 aromatic carbocycles. The molecule has 0 fully saturated rings. The Hall–Kier alpha value is -2.40. The van der Waals surface area contributed by atoms with Crippen LogP contribution in [0, 0.1) is 0 Å². The maximum absolute atomic E-state index is 10.9. The van der Waals surface area contributed by atoms with Crippen molar-refractivity contribution in [1.29, 1.82) is 0 Å². The number of aromatic nitrogens is 1. The quantitative estimate of drug-likeness (QED) is 0.787. The number of carboxylic acid groups (broad SMARTS) is 1. The Labute approximate surface area is 112 Å². The van der Waals surface area contributed by atoms with Crippen LogP contribution in [0.2, 0.25) is 0 Å². The lowest BCUT2D eigenvalue weighted by molar-refractivity contribution is 0.0696. The number of nitrogens with zero attached hydrogens (tertiary/aromatic N) is 1. The largest absolute Gasteiger partial charge is 0.478 e. The number of fused-ring (bicyclic) bond motifs is 1. The molecule has 0 radical (unpaired) electrons. The van der Waals surface area contributed by atoms with Gasteiger partial charge in [0, 0.05) is 10.9 Å². The first-order chi connectivity index (χ1) is 9.24. The van der Waals surface area contributed by atoms with Crippen molar-refractivity contribution in [2.24, 2.45) is 0 Å². The summed E-state index contributed by atoms with van der Waals surface area (Å²) in [4.78, 5) is 15.1. The Kier molecular flexibility index (Phi) is 2.89. The van der Waals surface area contributed by atoms with Crippen LogP contribution in [0.15, 0.2) is 48.0 Å². The Bertz CT molecular complexity index is 751. The van der Waals surface area contributed by atoms with Crippen molar-refractivity contribution in [1.82, 2.24) is 4.98 Å². The lowest BCUT2D eigenvalue weighted by Crippen LogP contribution is -1.96. The van der Waals surface area contributed by atoms with Crippen molar-refractivity contribution >= 4 is 27.4 Å². The molecule has 0 aliphatic rings. The molecule has 3 aromatic rings. The Morgan fingerprint density at radius 1 is 1.26 bits per heavy atom. The molecule has 3 rings (SSSR count).